The highest BCUT2D eigenvalue weighted by Gasteiger charge is 2.28. The number of aliphatic carboxylic acids is 1. The first-order valence-electron chi connectivity index (χ1n) is 5.28. The number of sulfone groups is 1. The van der Waals surface area contributed by atoms with Crippen LogP contribution in [0, 0.1) is 0 Å². The van der Waals surface area contributed by atoms with Crippen molar-refractivity contribution >= 4 is 26.8 Å². The van der Waals surface area contributed by atoms with E-state index in [-0.39, 0.29) is 5.82 Å². The molecule has 1 aromatic carbocycles. The third-order valence-electron chi connectivity index (χ3n) is 2.66. The van der Waals surface area contributed by atoms with Crippen LogP contribution in [0.3, 0.4) is 0 Å². The lowest BCUT2D eigenvalue weighted by molar-refractivity contribution is -0.136. The fourth-order valence-corrected chi connectivity index (χ4v) is 2.62. The number of fused-ring (bicyclic) bond motifs is 1. The Kier molecular flexibility index (Phi) is 3.08. The Hall–Kier alpha value is -1.89. The van der Waals surface area contributed by atoms with Crippen molar-refractivity contribution in [1.29, 1.82) is 0 Å². The zero-order valence-corrected chi connectivity index (χ0v) is 10.4. The minimum atomic E-state index is -3.75. The van der Waals surface area contributed by atoms with E-state index in [1.165, 1.54) is 0 Å². The first-order chi connectivity index (χ1) is 8.40. The predicted molar refractivity (Wildman–Crippen MR) is 65.8 cm³/mol. The monoisotopic (exact) mass is 268 g/mol. The number of carboxylic acid groups (broad SMARTS) is 1. The maximum absolute atomic E-state index is 11.8. The molecule has 0 aliphatic rings. The molecule has 96 valence electrons. The van der Waals surface area contributed by atoms with Gasteiger partial charge in [0.15, 0.2) is 15.1 Å². The minimum absolute atomic E-state index is 0.254. The van der Waals surface area contributed by atoms with Crippen molar-refractivity contribution in [2.75, 3.05) is 0 Å². The molecule has 0 saturated carbocycles. The minimum Gasteiger partial charge on any atom is -0.480 e. The lowest BCUT2D eigenvalue weighted by Crippen LogP contribution is -2.28. The summed E-state index contributed by atoms with van der Waals surface area (Å²) in [5.41, 5.74) is 1.39. The summed E-state index contributed by atoms with van der Waals surface area (Å²) in [7, 11) is -3.75. The number of carbonyl (C=O) groups is 1. The molecule has 1 heterocycles. The van der Waals surface area contributed by atoms with Gasteiger partial charge >= 0.3 is 5.97 Å². The zero-order valence-electron chi connectivity index (χ0n) is 9.62. The number of aromatic amines is 1. The number of aromatic nitrogens is 2. The van der Waals surface area contributed by atoms with Crippen LogP contribution in [0.15, 0.2) is 24.3 Å². The van der Waals surface area contributed by atoms with E-state index >= 15 is 0 Å². The number of carboxylic acids is 1. The number of hydrogen-bond acceptors (Lipinski definition) is 4. The molecule has 1 unspecified atom stereocenters. The fraction of sp³-hybridized carbons (Fsp3) is 0.273. The van der Waals surface area contributed by atoms with Crippen molar-refractivity contribution in [1.82, 2.24) is 9.97 Å². The Morgan fingerprint density at radius 3 is 2.72 bits per heavy atom. The SMILES string of the molecule is CC(C(=O)O)S(=O)(=O)Cc1nc2ccccc2[nH]1. The van der Waals surface area contributed by atoms with Gasteiger partial charge in [-0.1, -0.05) is 12.1 Å². The summed E-state index contributed by atoms with van der Waals surface area (Å²) in [6.07, 6.45) is 0. The van der Waals surface area contributed by atoms with Gasteiger partial charge in [-0.15, -0.1) is 0 Å². The molecule has 0 fully saturated rings. The summed E-state index contributed by atoms with van der Waals surface area (Å²) in [5.74, 6) is -1.51. The molecule has 0 radical (unpaired) electrons. The van der Waals surface area contributed by atoms with Crippen LogP contribution in [0.25, 0.3) is 11.0 Å². The number of rotatable bonds is 4. The number of H-pyrrole nitrogens is 1. The van der Waals surface area contributed by atoms with Gasteiger partial charge in [-0.3, -0.25) is 4.79 Å². The molecule has 0 bridgehead atoms. The molecule has 1 atom stereocenters. The van der Waals surface area contributed by atoms with E-state index in [4.69, 9.17) is 5.11 Å². The second-order valence-electron chi connectivity index (χ2n) is 3.99. The summed E-state index contributed by atoms with van der Waals surface area (Å²) in [6, 6.07) is 7.13. The molecule has 2 aromatic rings. The maximum atomic E-state index is 11.8. The molecule has 6 nitrogen and oxygen atoms in total. The fourth-order valence-electron chi connectivity index (χ4n) is 1.54. The first kappa shape index (κ1) is 12.6. The second-order valence-corrected chi connectivity index (χ2v) is 6.31. The first-order valence-corrected chi connectivity index (χ1v) is 7.00. The largest absolute Gasteiger partial charge is 0.480 e. The molecule has 2 N–H and O–H groups in total. The number of benzene rings is 1. The van der Waals surface area contributed by atoms with E-state index in [0.717, 1.165) is 12.4 Å². The van der Waals surface area contributed by atoms with Gasteiger partial charge in [0.25, 0.3) is 0 Å². The van der Waals surface area contributed by atoms with E-state index in [1.54, 1.807) is 24.3 Å². The molecule has 0 amide bonds. The molecule has 0 aliphatic heterocycles. The number of para-hydroxylation sites is 2. The van der Waals surface area contributed by atoms with Gasteiger partial charge < -0.3 is 10.1 Å². The normalized spacial score (nSPS) is 13.6. The number of nitrogens with zero attached hydrogens (tertiary/aromatic N) is 1. The molecule has 0 spiro atoms. The van der Waals surface area contributed by atoms with Crippen molar-refractivity contribution < 1.29 is 18.3 Å². The van der Waals surface area contributed by atoms with Crippen LogP contribution in [0.1, 0.15) is 12.7 Å². The topological polar surface area (TPSA) is 100 Å². The Bertz CT molecular complexity index is 657. The molecule has 2 rings (SSSR count). The predicted octanol–water partition coefficient (Wildman–Crippen LogP) is 0.951. The van der Waals surface area contributed by atoms with Gasteiger partial charge in [0.2, 0.25) is 0 Å². The summed E-state index contributed by atoms with van der Waals surface area (Å²) in [5, 5.41) is 7.29. The summed E-state index contributed by atoms with van der Waals surface area (Å²) in [6.45, 7) is 1.15. The average molecular weight is 268 g/mol. The zero-order chi connectivity index (χ0) is 13.3. The Labute approximate surface area is 104 Å². The molecule has 18 heavy (non-hydrogen) atoms. The molecular formula is C11H12N2O4S. The number of imidazole rings is 1. The van der Waals surface area contributed by atoms with Crippen LogP contribution in [-0.4, -0.2) is 34.7 Å². The van der Waals surface area contributed by atoms with Gasteiger partial charge in [-0.2, -0.15) is 0 Å². The van der Waals surface area contributed by atoms with Gasteiger partial charge in [0.05, 0.1) is 11.0 Å². The molecule has 7 heteroatoms. The van der Waals surface area contributed by atoms with Crippen molar-refractivity contribution in [2.24, 2.45) is 0 Å². The van der Waals surface area contributed by atoms with Crippen molar-refractivity contribution in [3.05, 3.63) is 30.1 Å². The highest BCUT2D eigenvalue weighted by molar-refractivity contribution is 7.91. The number of nitrogens with one attached hydrogen (secondary N) is 1. The molecule has 0 saturated heterocycles. The van der Waals surface area contributed by atoms with Crippen molar-refractivity contribution in [3.8, 4) is 0 Å². The van der Waals surface area contributed by atoms with E-state index in [9.17, 15) is 13.2 Å². The Morgan fingerprint density at radius 1 is 1.44 bits per heavy atom. The third-order valence-corrected chi connectivity index (χ3v) is 4.62. The third kappa shape index (κ3) is 2.35. The van der Waals surface area contributed by atoms with Crippen LogP contribution in [0.2, 0.25) is 0 Å². The van der Waals surface area contributed by atoms with Crippen LogP contribution in [0.4, 0.5) is 0 Å². The lowest BCUT2D eigenvalue weighted by atomic mass is 10.3. The Balaban J connectivity index is 2.31. The maximum Gasteiger partial charge on any atom is 0.321 e. The van der Waals surface area contributed by atoms with Crippen molar-refractivity contribution in [3.63, 3.8) is 0 Å². The summed E-state index contributed by atoms with van der Waals surface area (Å²) in [4.78, 5) is 17.7. The number of hydrogen-bond donors (Lipinski definition) is 2. The highest BCUT2D eigenvalue weighted by atomic mass is 32.2. The second kappa shape index (κ2) is 4.41. The van der Waals surface area contributed by atoms with Crippen LogP contribution in [0.5, 0.6) is 0 Å². The van der Waals surface area contributed by atoms with Crippen LogP contribution < -0.4 is 0 Å². The van der Waals surface area contributed by atoms with Crippen LogP contribution in [-0.2, 0) is 20.4 Å². The highest BCUT2D eigenvalue weighted by Crippen LogP contribution is 2.14. The molecule has 1 aromatic heterocycles. The quantitative estimate of drug-likeness (QED) is 0.859. The van der Waals surface area contributed by atoms with E-state index in [2.05, 4.69) is 9.97 Å². The summed E-state index contributed by atoms with van der Waals surface area (Å²) < 4.78 is 23.6. The van der Waals surface area contributed by atoms with E-state index in [0.29, 0.717) is 5.52 Å². The van der Waals surface area contributed by atoms with E-state index < -0.39 is 26.8 Å². The average Bonchev–Trinajstić information content (AvgIpc) is 2.68. The van der Waals surface area contributed by atoms with Gasteiger partial charge in [-0.05, 0) is 19.1 Å². The Morgan fingerprint density at radius 2 is 2.11 bits per heavy atom. The smallest absolute Gasteiger partial charge is 0.321 e. The van der Waals surface area contributed by atoms with E-state index in [1.807, 2.05) is 0 Å². The molecule has 0 aliphatic carbocycles. The van der Waals surface area contributed by atoms with Crippen molar-refractivity contribution in [2.45, 2.75) is 17.9 Å². The van der Waals surface area contributed by atoms with Crippen LogP contribution >= 0.6 is 0 Å². The molecular weight excluding hydrogens is 256 g/mol. The lowest BCUT2D eigenvalue weighted by Gasteiger charge is -2.06. The van der Waals surface area contributed by atoms with Gasteiger partial charge in [0.1, 0.15) is 11.6 Å². The standard InChI is InChI=1S/C11H12N2O4S/c1-7(11(14)15)18(16,17)6-10-12-8-4-2-3-5-9(8)13-10/h2-5,7H,6H2,1H3,(H,12,13)(H,14,15). The summed E-state index contributed by atoms with van der Waals surface area (Å²) >= 11 is 0. The van der Waals surface area contributed by atoms with Gasteiger partial charge in [0, 0.05) is 0 Å². The van der Waals surface area contributed by atoms with Gasteiger partial charge in [-0.25, -0.2) is 13.4 Å².